The second-order valence-corrected chi connectivity index (χ2v) is 8.45. The molecule has 4 rings (SSSR count). The number of rotatable bonds is 12. The summed E-state index contributed by atoms with van der Waals surface area (Å²) in [6.07, 6.45) is 4.07. The standard InChI is InChI=1S/C27H33N3O4/c1-3-5-8-18-34-20-14-12-19(13-15-20)26-23-24(21-10-6-7-11-22(21)31)28-29-25(23)27(32)30(26)16-9-17-33-4-2/h6-7,10-15,26,31H,3-5,8-9,16-18H2,1-2H3,(H,28,29). The molecule has 0 aliphatic carbocycles. The molecule has 0 bridgehead atoms. The lowest BCUT2D eigenvalue weighted by molar-refractivity contribution is 0.0710. The second kappa shape index (κ2) is 11.2. The molecule has 1 aromatic heterocycles. The van der Waals surface area contributed by atoms with Crippen molar-refractivity contribution in [2.45, 2.75) is 45.6 Å². The van der Waals surface area contributed by atoms with E-state index in [4.69, 9.17) is 9.47 Å². The fourth-order valence-electron chi connectivity index (χ4n) is 4.42. The van der Waals surface area contributed by atoms with Gasteiger partial charge in [-0.3, -0.25) is 9.89 Å². The van der Waals surface area contributed by atoms with Crippen molar-refractivity contribution in [3.8, 4) is 22.8 Å². The Morgan fingerprint density at radius 3 is 2.56 bits per heavy atom. The van der Waals surface area contributed by atoms with E-state index in [0.717, 1.165) is 42.6 Å². The van der Waals surface area contributed by atoms with Crippen LogP contribution in [0.25, 0.3) is 11.3 Å². The zero-order valence-corrected chi connectivity index (χ0v) is 19.9. The van der Waals surface area contributed by atoms with Crippen LogP contribution in [0.15, 0.2) is 48.5 Å². The summed E-state index contributed by atoms with van der Waals surface area (Å²) in [4.78, 5) is 15.2. The van der Waals surface area contributed by atoms with Crippen LogP contribution in [-0.4, -0.2) is 52.5 Å². The van der Waals surface area contributed by atoms with E-state index in [2.05, 4.69) is 17.1 Å². The molecule has 7 nitrogen and oxygen atoms in total. The third-order valence-electron chi connectivity index (χ3n) is 6.13. The van der Waals surface area contributed by atoms with E-state index in [1.54, 1.807) is 12.1 Å². The van der Waals surface area contributed by atoms with Gasteiger partial charge in [0.1, 0.15) is 22.9 Å². The molecule has 0 fully saturated rings. The van der Waals surface area contributed by atoms with Crippen molar-refractivity contribution < 1.29 is 19.4 Å². The number of fused-ring (bicyclic) bond motifs is 1. The van der Waals surface area contributed by atoms with Crippen molar-refractivity contribution in [3.63, 3.8) is 0 Å². The highest BCUT2D eigenvalue weighted by Gasteiger charge is 2.42. The zero-order valence-electron chi connectivity index (χ0n) is 19.9. The summed E-state index contributed by atoms with van der Waals surface area (Å²) in [6, 6.07) is 14.7. The number of aromatic amines is 1. The predicted octanol–water partition coefficient (Wildman–Crippen LogP) is 5.32. The Morgan fingerprint density at radius 1 is 1.03 bits per heavy atom. The summed E-state index contributed by atoms with van der Waals surface area (Å²) in [6.45, 7) is 6.63. The molecule has 1 aliphatic rings. The van der Waals surface area contributed by atoms with Crippen LogP contribution in [0.5, 0.6) is 11.5 Å². The average Bonchev–Trinajstić information content (AvgIpc) is 3.39. The number of unbranched alkanes of at least 4 members (excludes halogenated alkanes) is 2. The van der Waals surface area contributed by atoms with Crippen LogP contribution in [0.3, 0.4) is 0 Å². The molecule has 0 saturated carbocycles. The topological polar surface area (TPSA) is 87.7 Å². The van der Waals surface area contributed by atoms with Gasteiger partial charge in [-0.2, -0.15) is 5.10 Å². The van der Waals surface area contributed by atoms with Crippen molar-refractivity contribution >= 4 is 5.91 Å². The number of phenolic OH excluding ortho intramolecular Hbond substituents is 1. The molecule has 1 aliphatic heterocycles. The molecule has 2 aromatic carbocycles. The summed E-state index contributed by atoms with van der Waals surface area (Å²) >= 11 is 0. The number of aromatic nitrogens is 2. The number of aromatic hydroxyl groups is 1. The van der Waals surface area contributed by atoms with Gasteiger partial charge in [0.2, 0.25) is 0 Å². The van der Waals surface area contributed by atoms with Gasteiger partial charge in [-0.25, -0.2) is 0 Å². The lowest BCUT2D eigenvalue weighted by Gasteiger charge is -2.26. The van der Waals surface area contributed by atoms with Gasteiger partial charge in [0, 0.05) is 30.9 Å². The molecule has 0 spiro atoms. The number of phenols is 1. The number of amides is 1. The van der Waals surface area contributed by atoms with Gasteiger partial charge in [-0.15, -0.1) is 0 Å². The Bertz CT molecular complexity index is 1090. The minimum absolute atomic E-state index is 0.0921. The van der Waals surface area contributed by atoms with Gasteiger partial charge in [0.25, 0.3) is 5.91 Å². The van der Waals surface area contributed by atoms with Gasteiger partial charge in [-0.1, -0.05) is 44.0 Å². The van der Waals surface area contributed by atoms with E-state index in [-0.39, 0.29) is 17.7 Å². The molecule has 3 aromatic rings. The number of carbonyl (C=O) groups excluding carboxylic acids is 1. The van der Waals surface area contributed by atoms with Crippen LogP contribution in [0.1, 0.15) is 67.2 Å². The molecule has 1 amide bonds. The monoisotopic (exact) mass is 463 g/mol. The van der Waals surface area contributed by atoms with Crippen LogP contribution in [0.4, 0.5) is 0 Å². The summed E-state index contributed by atoms with van der Waals surface area (Å²) in [5, 5.41) is 17.8. The van der Waals surface area contributed by atoms with Crippen molar-refractivity contribution in [1.82, 2.24) is 15.1 Å². The minimum atomic E-state index is -0.313. The number of para-hydroxylation sites is 1. The summed E-state index contributed by atoms with van der Waals surface area (Å²) in [7, 11) is 0. The smallest absolute Gasteiger partial charge is 0.273 e. The molecule has 34 heavy (non-hydrogen) atoms. The Balaban J connectivity index is 1.66. The number of ether oxygens (including phenoxy) is 2. The number of hydrogen-bond donors (Lipinski definition) is 2. The fraction of sp³-hybridized carbons (Fsp3) is 0.407. The lowest BCUT2D eigenvalue weighted by Crippen LogP contribution is -2.31. The number of nitrogens with zero attached hydrogens (tertiary/aromatic N) is 2. The van der Waals surface area contributed by atoms with E-state index < -0.39 is 0 Å². The molecule has 1 atom stereocenters. The Labute approximate surface area is 200 Å². The van der Waals surface area contributed by atoms with Crippen LogP contribution >= 0.6 is 0 Å². The molecule has 7 heteroatoms. The first-order valence-electron chi connectivity index (χ1n) is 12.1. The van der Waals surface area contributed by atoms with Crippen molar-refractivity contribution in [1.29, 1.82) is 0 Å². The highest BCUT2D eigenvalue weighted by Crippen LogP contribution is 2.44. The van der Waals surface area contributed by atoms with Gasteiger partial charge in [-0.05, 0) is 49.6 Å². The minimum Gasteiger partial charge on any atom is -0.507 e. The highest BCUT2D eigenvalue weighted by atomic mass is 16.5. The van der Waals surface area contributed by atoms with Gasteiger partial charge >= 0.3 is 0 Å². The van der Waals surface area contributed by atoms with Crippen molar-refractivity contribution in [3.05, 3.63) is 65.4 Å². The largest absolute Gasteiger partial charge is 0.507 e. The first-order chi connectivity index (χ1) is 16.7. The van der Waals surface area contributed by atoms with E-state index in [0.29, 0.717) is 43.3 Å². The number of H-pyrrole nitrogens is 1. The molecule has 1 unspecified atom stereocenters. The van der Waals surface area contributed by atoms with Crippen LogP contribution < -0.4 is 4.74 Å². The van der Waals surface area contributed by atoms with Crippen LogP contribution in [-0.2, 0) is 4.74 Å². The van der Waals surface area contributed by atoms with Crippen molar-refractivity contribution in [2.24, 2.45) is 0 Å². The predicted molar refractivity (Wildman–Crippen MR) is 131 cm³/mol. The van der Waals surface area contributed by atoms with E-state index in [1.165, 1.54) is 0 Å². The molecule has 0 saturated heterocycles. The maximum Gasteiger partial charge on any atom is 0.273 e. The first kappa shape index (κ1) is 23.8. The third-order valence-corrected chi connectivity index (χ3v) is 6.13. The fourth-order valence-corrected chi connectivity index (χ4v) is 4.42. The Hall–Kier alpha value is -3.32. The molecular formula is C27H33N3O4. The zero-order chi connectivity index (χ0) is 23.9. The third kappa shape index (κ3) is 4.94. The first-order valence-corrected chi connectivity index (χ1v) is 12.1. The van der Waals surface area contributed by atoms with E-state index >= 15 is 0 Å². The summed E-state index contributed by atoms with van der Waals surface area (Å²) in [5.41, 5.74) is 3.44. The van der Waals surface area contributed by atoms with Gasteiger partial charge < -0.3 is 19.5 Å². The van der Waals surface area contributed by atoms with Crippen molar-refractivity contribution in [2.75, 3.05) is 26.4 Å². The second-order valence-electron chi connectivity index (χ2n) is 8.45. The summed E-state index contributed by atoms with van der Waals surface area (Å²) in [5.74, 6) is 0.861. The molecule has 2 N–H and O–H groups in total. The Morgan fingerprint density at radius 2 is 1.82 bits per heavy atom. The van der Waals surface area contributed by atoms with Gasteiger partial charge in [0.15, 0.2) is 0 Å². The highest BCUT2D eigenvalue weighted by molar-refractivity contribution is 6.00. The summed E-state index contributed by atoms with van der Waals surface area (Å²) < 4.78 is 11.4. The van der Waals surface area contributed by atoms with Crippen LogP contribution in [0, 0.1) is 0 Å². The number of hydrogen-bond acceptors (Lipinski definition) is 5. The molecule has 0 radical (unpaired) electrons. The average molecular weight is 464 g/mol. The Kier molecular flexibility index (Phi) is 7.85. The SMILES string of the molecule is CCCCCOc1ccc(C2c3c(-c4ccccc4O)n[nH]c3C(=O)N2CCCOCC)cc1. The number of carbonyl (C=O) groups is 1. The van der Waals surface area contributed by atoms with E-state index in [1.807, 2.05) is 48.2 Å². The molecule has 180 valence electrons. The van der Waals surface area contributed by atoms with Crippen LogP contribution in [0.2, 0.25) is 0 Å². The lowest BCUT2D eigenvalue weighted by atomic mass is 9.95. The maximum atomic E-state index is 13.4. The quantitative estimate of drug-likeness (QED) is 0.355. The van der Waals surface area contributed by atoms with Gasteiger partial charge in [0.05, 0.1) is 12.6 Å². The maximum absolute atomic E-state index is 13.4. The molecule has 2 heterocycles. The molecular weight excluding hydrogens is 430 g/mol. The number of benzene rings is 2. The number of nitrogens with one attached hydrogen (secondary N) is 1. The normalized spacial score (nSPS) is 15.1. The van der Waals surface area contributed by atoms with E-state index in [9.17, 15) is 9.90 Å².